The number of aliphatic carboxylic acids is 1. The Morgan fingerprint density at radius 3 is 1.80 bits per heavy atom. The van der Waals surface area contributed by atoms with Crippen molar-refractivity contribution in [2.45, 2.75) is 69.1 Å². The number of hydrogen-bond acceptors (Lipinski definition) is 9. The van der Waals surface area contributed by atoms with Crippen LogP contribution in [-0.4, -0.2) is 89.4 Å². The van der Waals surface area contributed by atoms with Crippen molar-refractivity contribution >= 4 is 53.1 Å². The first kappa shape index (κ1) is 33.0. The number of rotatable bonds is 20. The summed E-state index contributed by atoms with van der Waals surface area (Å²) in [6.45, 7) is 0.388. The van der Waals surface area contributed by atoms with Crippen LogP contribution in [0.3, 0.4) is 0 Å². The topological polar surface area (TPSA) is 220 Å². The number of amides is 4. The summed E-state index contributed by atoms with van der Waals surface area (Å²) in [5.41, 5.74) is 16.6. The van der Waals surface area contributed by atoms with Crippen LogP contribution in [0, 0.1) is 0 Å². The van der Waals surface area contributed by atoms with E-state index in [1.165, 1.54) is 23.5 Å². The summed E-state index contributed by atoms with van der Waals surface area (Å²) < 4.78 is 0. The Balaban J connectivity index is 5.50. The molecule has 0 aromatic carbocycles. The van der Waals surface area contributed by atoms with Gasteiger partial charge in [-0.05, 0) is 69.1 Å². The van der Waals surface area contributed by atoms with E-state index in [1.54, 1.807) is 0 Å². The largest absolute Gasteiger partial charge is 0.480 e. The van der Waals surface area contributed by atoms with Crippen molar-refractivity contribution in [2.24, 2.45) is 17.2 Å². The lowest BCUT2D eigenvalue weighted by Crippen LogP contribution is -2.57. The van der Waals surface area contributed by atoms with Gasteiger partial charge < -0.3 is 38.3 Å². The molecule has 0 radical (unpaired) electrons. The normalized spacial score (nSPS) is 14.3. The van der Waals surface area contributed by atoms with E-state index in [9.17, 15) is 29.1 Å². The molecule has 0 rings (SSSR count). The SMILES string of the molecule is CSCCC(N)C(=O)NC(CCC(N)=O)C(=O)NC(CCCCN)C(=O)NC(CCSC)C(=O)O. The second-order valence-electron chi connectivity index (χ2n) is 7.98. The van der Waals surface area contributed by atoms with Gasteiger partial charge in [-0.25, -0.2) is 4.79 Å². The van der Waals surface area contributed by atoms with E-state index < -0.39 is 53.8 Å². The summed E-state index contributed by atoms with van der Waals surface area (Å²) in [5, 5.41) is 17.0. The number of carbonyl (C=O) groups excluding carboxylic acids is 4. The van der Waals surface area contributed by atoms with E-state index in [4.69, 9.17) is 17.2 Å². The molecular weight excluding hydrogens is 496 g/mol. The fraction of sp³-hybridized carbons (Fsp3) is 0.762. The second-order valence-corrected chi connectivity index (χ2v) is 9.95. The van der Waals surface area contributed by atoms with Crippen LogP contribution in [0.5, 0.6) is 0 Å². The quantitative estimate of drug-likeness (QED) is 0.0916. The molecule has 0 aromatic rings. The van der Waals surface area contributed by atoms with Crippen LogP contribution in [0.1, 0.15) is 44.9 Å². The lowest BCUT2D eigenvalue weighted by Gasteiger charge is -2.25. The Hall–Kier alpha value is -2.03. The molecule has 12 nitrogen and oxygen atoms in total. The Morgan fingerprint density at radius 1 is 0.771 bits per heavy atom. The third-order valence-electron chi connectivity index (χ3n) is 5.09. The molecule has 0 saturated heterocycles. The fourth-order valence-electron chi connectivity index (χ4n) is 3.01. The lowest BCUT2D eigenvalue weighted by molar-refractivity contribution is -0.142. The molecule has 14 heteroatoms. The summed E-state index contributed by atoms with van der Waals surface area (Å²) >= 11 is 2.97. The van der Waals surface area contributed by atoms with Gasteiger partial charge in [0.25, 0.3) is 0 Å². The van der Waals surface area contributed by atoms with Crippen molar-refractivity contribution in [2.75, 3.05) is 30.6 Å². The lowest BCUT2D eigenvalue weighted by atomic mass is 10.0. The Labute approximate surface area is 215 Å². The number of hydrogen-bond donors (Lipinski definition) is 7. The van der Waals surface area contributed by atoms with Gasteiger partial charge in [0.1, 0.15) is 18.1 Å². The standard InChI is InChI=1S/C21H40N6O6S2/c1-34-11-8-13(23)18(29)25-15(6-7-17(24)28)20(31)26-14(5-3-4-10-22)19(30)27-16(21(32)33)9-12-35-2/h13-16H,3-12,22-23H2,1-2H3,(H2,24,28)(H,25,29)(H,26,31)(H,27,30)(H,32,33). The molecule has 35 heavy (non-hydrogen) atoms. The molecule has 0 fully saturated rings. The molecule has 4 unspecified atom stereocenters. The average Bonchev–Trinajstić information content (AvgIpc) is 2.81. The first-order chi connectivity index (χ1) is 16.6. The van der Waals surface area contributed by atoms with Crippen molar-refractivity contribution in [1.82, 2.24) is 16.0 Å². The van der Waals surface area contributed by atoms with Crippen molar-refractivity contribution in [1.29, 1.82) is 0 Å². The minimum absolute atomic E-state index is 0.0786. The van der Waals surface area contributed by atoms with Gasteiger partial charge in [0, 0.05) is 6.42 Å². The van der Waals surface area contributed by atoms with Crippen LogP contribution >= 0.6 is 23.5 Å². The molecule has 0 aliphatic heterocycles. The van der Waals surface area contributed by atoms with E-state index in [0.717, 1.165) is 0 Å². The summed E-state index contributed by atoms with van der Waals surface area (Å²) in [7, 11) is 0. The summed E-state index contributed by atoms with van der Waals surface area (Å²) in [4.78, 5) is 61.2. The van der Waals surface area contributed by atoms with Crippen LogP contribution in [0.15, 0.2) is 0 Å². The minimum Gasteiger partial charge on any atom is -0.480 e. The van der Waals surface area contributed by atoms with Crippen molar-refractivity contribution in [3.63, 3.8) is 0 Å². The highest BCUT2D eigenvalue weighted by Crippen LogP contribution is 2.07. The zero-order valence-corrected chi connectivity index (χ0v) is 22.1. The third kappa shape index (κ3) is 14.9. The second kappa shape index (κ2) is 19.2. The van der Waals surface area contributed by atoms with Gasteiger partial charge in [-0.1, -0.05) is 0 Å². The van der Waals surface area contributed by atoms with E-state index in [-0.39, 0.29) is 25.7 Å². The molecule has 0 spiro atoms. The monoisotopic (exact) mass is 536 g/mol. The zero-order valence-electron chi connectivity index (χ0n) is 20.4. The highest BCUT2D eigenvalue weighted by molar-refractivity contribution is 7.98. The molecule has 0 heterocycles. The maximum absolute atomic E-state index is 13.0. The average molecular weight is 537 g/mol. The molecule has 4 atom stereocenters. The summed E-state index contributed by atoms with van der Waals surface area (Å²) in [5.74, 6) is -2.56. The maximum atomic E-state index is 13.0. The molecule has 0 bridgehead atoms. The number of carboxylic acid groups (broad SMARTS) is 1. The molecule has 10 N–H and O–H groups in total. The Kier molecular flexibility index (Phi) is 18.1. The smallest absolute Gasteiger partial charge is 0.326 e. The molecule has 0 aromatic heterocycles. The Morgan fingerprint density at radius 2 is 1.29 bits per heavy atom. The van der Waals surface area contributed by atoms with Crippen molar-refractivity contribution in [3.8, 4) is 0 Å². The van der Waals surface area contributed by atoms with Gasteiger partial charge in [-0.15, -0.1) is 0 Å². The van der Waals surface area contributed by atoms with E-state index in [0.29, 0.717) is 37.3 Å². The third-order valence-corrected chi connectivity index (χ3v) is 6.38. The molecule has 4 amide bonds. The van der Waals surface area contributed by atoms with Crippen molar-refractivity contribution < 1.29 is 29.1 Å². The zero-order chi connectivity index (χ0) is 26.8. The molecule has 202 valence electrons. The van der Waals surface area contributed by atoms with Gasteiger partial charge in [0.2, 0.25) is 23.6 Å². The molecule has 0 aliphatic rings. The molecular formula is C21H40N6O6S2. The summed E-state index contributed by atoms with van der Waals surface area (Å²) in [6, 6.07) is -4.15. The molecule has 0 aliphatic carbocycles. The fourth-order valence-corrected chi connectivity index (χ4v) is 3.97. The minimum atomic E-state index is -1.18. The van der Waals surface area contributed by atoms with Gasteiger partial charge in [-0.3, -0.25) is 19.2 Å². The van der Waals surface area contributed by atoms with Crippen LogP contribution < -0.4 is 33.2 Å². The number of thioether (sulfide) groups is 2. The van der Waals surface area contributed by atoms with Gasteiger partial charge >= 0.3 is 5.97 Å². The highest BCUT2D eigenvalue weighted by atomic mass is 32.2. The van der Waals surface area contributed by atoms with E-state index in [1.807, 2.05) is 12.5 Å². The van der Waals surface area contributed by atoms with Crippen LogP contribution in [0.25, 0.3) is 0 Å². The van der Waals surface area contributed by atoms with E-state index in [2.05, 4.69) is 16.0 Å². The van der Waals surface area contributed by atoms with Gasteiger partial charge in [0.15, 0.2) is 0 Å². The van der Waals surface area contributed by atoms with Gasteiger partial charge in [-0.2, -0.15) is 23.5 Å². The number of carboxylic acids is 1. The number of nitrogens with two attached hydrogens (primary N) is 3. The summed E-state index contributed by atoms with van der Waals surface area (Å²) in [6.07, 6.45) is 5.39. The highest BCUT2D eigenvalue weighted by Gasteiger charge is 2.30. The van der Waals surface area contributed by atoms with Crippen LogP contribution in [0.4, 0.5) is 0 Å². The molecule has 0 saturated carbocycles. The number of nitrogens with one attached hydrogen (secondary N) is 3. The predicted octanol–water partition coefficient (Wildman–Crippen LogP) is -1.25. The van der Waals surface area contributed by atoms with Gasteiger partial charge in [0.05, 0.1) is 6.04 Å². The Bertz CT molecular complexity index is 699. The number of primary amides is 1. The first-order valence-corrected chi connectivity index (χ1v) is 14.2. The number of carbonyl (C=O) groups is 5. The van der Waals surface area contributed by atoms with Crippen molar-refractivity contribution in [3.05, 3.63) is 0 Å². The van der Waals surface area contributed by atoms with Crippen LogP contribution in [-0.2, 0) is 24.0 Å². The first-order valence-electron chi connectivity index (χ1n) is 11.4. The van der Waals surface area contributed by atoms with Crippen LogP contribution in [0.2, 0.25) is 0 Å². The maximum Gasteiger partial charge on any atom is 0.326 e. The van der Waals surface area contributed by atoms with E-state index >= 15 is 0 Å². The number of unbranched alkanes of at least 4 members (excludes halogenated alkanes) is 1. The predicted molar refractivity (Wildman–Crippen MR) is 139 cm³/mol.